The molecule has 0 saturated heterocycles. The van der Waals surface area contributed by atoms with Gasteiger partial charge in [0.25, 0.3) is 0 Å². The fourth-order valence-corrected chi connectivity index (χ4v) is 4.15. The Morgan fingerprint density at radius 1 is 1.10 bits per heavy atom. The lowest BCUT2D eigenvalue weighted by molar-refractivity contribution is 0.138. The number of nitrogen functional groups attached to an aromatic ring is 1. The molecule has 0 spiro atoms. The number of rotatable bonds is 6. The number of hydrogen-bond donors (Lipinski definition) is 2. The predicted molar refractivity (Wildman–Crippen MR) is 116 cm³/mol. The molecular weight excluding hydrogens is 376 g/mol. The van der Waals surface area contributed by atoms with Gasteiger partial charge in [0.05, 0.1) is 0 Å². The molecule has 2 aromatic carbocycles. The van der Waals surface area contributed by atoms with Crippen LogP contribution in [-0.2, 0) is 6.61 Å². The SMILES string of the molecule is Nc1nccn2c1c(-c1cccc(OCc3ccccc3)c1)nc2[C@H]1C[C@@H](CO)C1. The highest BCUT2D eigenvalue weighted by molar-refractivity contribution is 5.85. The second-order valence-electron chi connectivity index (χ2n) is 7.87. The van der Waals surface area contributed by atoms with Gasteiger partial charge in [-0.2, -0.15) is 0 Å². The summed E-state index contributed by atoms with van der Waals surface area (Å²) in [7, 11) is 0. The first-order valence-corrected chi connectivity index (χ1v) is 10.2. The minimum atomic E-state index is 0.233. The van der Waals surface area contributed by atoms with Crippen LogP contribution in [0.25, 0.3) is 16.8 Å². The Kier molecular flexibility index (Phi) is 4.85. The minimum absolute atomic E-state index is 0.233. The molecule has 0 aliphatic heterocycles. The van der Waals surface area contributed by atoms with Crippen molar-refractivity contribution in [3.63, 3.8) is 0 Å². The van der Waals surface area contributed by atoms with E-state index in [1.807, 2.05) is 65.2 Å². The third-order valence-electron chi connectivity index (χ3n) is 5.83. The van der Waals surface area contributed by atoms with Crippen molar-refractivity contribution in [2.24, 2.45) is 5.92 Å². The molecule has 152 valence electrons. The van der Waals surface area contributed by atoms with Crippen LogP contribution in [0, 0.1) is 5.92 Å². The maximum Gasteiger partial charge on any atom is 0.150 e. The van der Waals surface area contributed by atoms with Gasteiger partial charge in [0.15, 0.2) is 0 Å². The molecule has 1 aliphatic carbocycles. The molecule has 6 heteroatoms. The molecule has 30 heavy (non-hydrogen) atoms. The van der Waals surface area contributed by atoms with Gasteiger partial charge in [0.2, 0.25) is 0 Å². The first-order valence-electron chi connectivity index (χ1n) is 10.2. The topological polar surface area (TPSA) is 85.7 Å². The Labute approximate surface area is 175 Å². The molecule has 1 fully saturated rings. The van der Waals surface area contributed by atoms with Crippen LogP contribution in [0.2, 0.25) is 0 Å². The van der Waals surface area contributed by atoms with E-state index in [0.717, 1.165) is 46.8 Å². The van der Waals surface area contributed by atoms with E-state index in [1.54, 1.807) is 6.20 Å². The lowest BCUT2D eigenvalue weighted by Gasteiger charge is -2.32. The summed E-state index contributed by atoms with van der Waals surface area (Å²) in [6.07, 6.45) is 5.51. The Bertz CT molecular complexity index is 1170. The monoisotopic (exact) mass is 400 g/mol. The van der Waals surface area contributed by atoms with Crippen LogP contribution in [-0.4, -0.2) is 26.1 Å². The average molecular weight is 400 g/mol. The number of hydrogen-bond acceptors (Lipinski definition) is 5. The van der Waals surface area contributed by atoms with E-state index in [2.05, 4.69) is 4.98 Å². The molecule has 0 bridgehead atoms. The number of fused-ring (bicyclic) bond motifs is 1. The largest absolute Gasteiger partial charge is 0.489 e. The van der Waals surface area contributed by atoms with Gasteiger partial charge in [-0.3, -0.25) is 4.40 Å². The minimum Gasteiger partial charge on any atom is -0.489 e. The van der Waals surface area contributed by atoms with Gasteiger partial charge in [-0.1, -0.05) is 42.5 Å². The fourth-order valence-electron chi connectivity index (χ4n) is 4.15. The zero-order valence-corrected chi connectivity index (χ0v) is 16.6. The molecule has 0 atom stereocenters. The van der Waals surface area contributed by atoms with E-state index in [0.29, 0.717) is 24.3 Å². The van der Waals surface area contributed by atoms with Crippen molar-refractivity contribution in [3.05, 3.63) is 78.4 Å². The highest BCUT2D eigenvalue weighted by Gasteiger charge is 2.33. The summed E-state index contributed by atoms with van der Waals surface area (Å²) in [5.74, 6) is 2.90. The molecule has 1 saturated carbocycles. The van der Waals surface area contributed by atoms with Gasteiger partial charge in [0.1, 0.15) is 35.2 Å². The third kappa shape index (κ3) is 3.39. The van der Waals surface area contributed by atoms with Crippen LogP contribution in [0.15, 0.2) is 67.0 Å². The first kappa shape index (κ1) is 18.6. The number of anilines is 1. The van der Waals surface area contributed by atoms with Gasteiger partial charge in [-0.15, -0.1) is 0 Å². The number of aliphatic hydroxyl groups excluding tert-OH is 1. The van der Waals surface area contributed by atoms with Crippen LogP contribution in [0.1, 0.15) is 30.1 Å². The van der Waals surface area contributed by atoms with Gasteiger partial charge in [-0.25, -0.2) is 9.97 Å². The van der Waals surface area contributed by atoms with Crippen molar-refractivity contribution in [2.75, 3.05) is 12.3 Å². The number of ether oxygens (including phenoxy) is 1. The summed E-state index contributed by atoms with van der Waals surface area (Å²) < 4.78 is 8.05. The van der Waals surface area contributed by atoms with E-state index in [4.69, 9.17) is 15.5 Å². The van der Waals surface area contributed by atoms with Crippen molar-refractivity contribution in [3.8, 4) is 17.0 Å². The van der Waals surface area contributed by atoms with Gasteiger partial charge in [-0.05, 0) is 36.5 Å². The van der Waals surface area contributed by atoms with E-state index >= 15 is 0 Å². The number of aromatic nitrogens is 3. The predicted octanol–water partition coefficient (Wildman–Crippen LogP) is 4.04. The van der Waals surface area contributed by atoms with Crippen LogP contribution < -0.4 is 10.5 Å². The lowest BCUT2D eigenvalue weighted by atomic mass is 9.75. The maximum absolute atomic E-state index is 9.38. The highest BCUT2D eigenvalue weighted by Crippen LogP contribution is 2.43. The maximum atomic E-state index is 9.38. The van der Waals surface area contributed by atoms with E-state index in [9.17, 15) is 5.11 Å². The molecule has 1 aliphatic rings. The summed E-state index contributed by atoms with van der Waals surface area (Å²) in [6.45, 7) is 0.741. The van der Waals surface area contributed by atoms with Crippen molar-refractivity contribution < 1.29 is 9.84 Å². The van der Waals surface area contributed by atoms with Gasteiger partial charge in [0, 0.05) is 30.5 Å². The van der Waals surface area contributed by atoms with Crippen molar-refractivity contribution >= 4 is 11.3 Å². The van der Waals surface area contributed by atoms with E-state index < -0.39 is 0 Å². The third-order valence-corrected chi connectivity index (χ3v) is 5.83. The number of imidazole rings is 1. The van der Waals surface area contributed by atoms with E-state index in [1.165, 1.54) is 0 Å². The summed E-state index contributed by atoms with van der Waals surface area (Å²) in [4.78, 5) is 9.26. The van der Waals surface area contributed by atoms with Gasteiger partial charge >= 0.3 is 0 Å². The molecule has 0 unspecified atom stereocenters. The Morgan fingerprint density at radius 2 is 1.93 bits per heavy atom. The highest BCUT2D eigenvalue weighted by atomic mass is 16.5. The molecule has 4 aromatic rings. The standard InChI is InChI=1S/C24H24N4O2/c25-23-22-21(27-24(28(22)10-9-26-23)19-11-17(12-19)14-29)18-7-4-8-20(13-18)30-15-16-5-2-1-3-6-16/h1-10,13,17,19,29H,11-12,14-15H2,(H2,25,26)/t17-,19+. The molecule has 0 amide bonds. The summed E-state index contributed by atoms with van der Waals surface area (Å²) in [6, 6.07) is 18.0. The van der Waals surface area contributed by atoms with Crippen LogP contribution in [0.4, 0.5) is 5.82 Å². The smallest absolute Gasteiger partial charge is 0.150 e. The van der Waals surface area contributed by atoms with E-state index in [-0.39, 0.29) is 6.61 Å². The first-order chi connectivity index (χ1) is 14.7. The van der Waals surface area contributed by atoms with Crippen LogP contribution >= 0.6 is 0 Å². The number of benzene rings is 2. The molecular formula is C24H24N4O2. The molecule has 0 radical (unpaired) electrons. The molecule has 6 nitrogen and oxygen atoms in total. The Morgan fingerprint density at radius 3 is 2.73 bits per heavy atom. The normalized spacial score (nSPS) is 18.3. The lowest BCUT2D eigenvalue weighted by Crippen LogP contribution is -2.26. The Hall–Kier alpha value is -3.38. The zero-order chi connectivity index (χ0) is 20.5. The second-order valence-corrected chi connectivity index (χ2v) is 7.87. The molecule has 5 rings (SSSR count). The van der Waals surface area contributed by atoms with Crippen molar-refractivity contribution in [2.45, 2.75) is 25.4 Å². The van der Waals surface area contributed by atoms with Crippen LogP contribution in [0.5, 0.6) is 5.75 Å². The molecule has 3 N–H and O–H groups in total. The summed E-state index contributed by atoms with van der Waals surface area (Å²) in [5, 5.41) is 9.38. The Balaban J connectivity index is 1.49. The average Bonchev–Trinajstić information content (AvgIpc) is 3.13. The van der Waals surface area contributed by atoms with Gasteiger partial charge < -0.3 is 15.6 Å². The zero-order valence-electron chi connectivity index (χ0n) is 16.6. The number of aliphatic hydroxyl groups is 1. The summed E-state index contributed by atoms with van der Waals surface area (Å²) in [5.41, 5.74) is 9.95. The number of nitrogens with zero attached hydrogens (tertiary/aromatic N) is 3. The second kappa shape index (κ2) is 7.80. The van der Waals surface area contributed by atoms with Crippen molar-refractivity contribution in [1.82, 2.24) is 14.4 Å². The summed E-state index contributed by atoms with van der Waals surface area (Å²) >= 11 is 0. The fraction of sp³-hybridized carbons (Fsp3) is 0.250. The van der Waals surface area contributed by atoms with Crippen LogP contribution in [0.3, 0.4) is 0 Å². The quantitative estimate of drug-likeness (QED) is 0.510. The molecule has 2 aromatic heterocycles. The molecule has 2 heterocycles. The number of nitrogens with two attached hydrogens (primary N) is 1. The van der Waals surface area contributed by atoms with Crippen molar-refractivity contribution in [1.29, 1.82) is 0 Å².